The zero-order valence-corrected chi connectivity index (χ0v) is 17.2. The molecule has 28 heavy (non-hydrogen) atoms. The second kappa shape index (κ2) is 6.95. The number of ketones is 1. The van der Waals surface area contributed by atoms with Crippen molar-refractivity contribution >= 4 is 27.3 Å². The molecule has 0 unspecified atom stereocenters. The molecule has 0 N–H and O–H groups in total. The van der Waals surface area contributed by atoms with Gasteiger partial charge in [0.2, 0.25) is 0 Å². The Hall–Kier alpha value is -2.86. The van der Waals surface area contributed by atoms with Crippen molar-refractivity contribution in [1.29, 1.82) is 0 Å². The largest absolute Gasteiger partial charge is 0.292 e. The normalized spacial score (nSPS) is 11.9. The van der Waals surface area contributed by atoms with Gasteiger partial charge in [-0.1, -0.05) is 39.0 Å². The van der Waals surface area contributed by atoms with Crippen LogP contribution < -0.4 is 0 Å². The number of fused-ring (bicyclic) bond motifs is 1. The summed E-state index contributed by atoms with van der Waals surface area (Å²) in [5.74, 6) is 0.0659. The first kappa shape index (κ1) is 18.5. The van der Waals surface area contributed by atoms with Crippen LogP contribution in [0.15, 0.2) is 48.8 Å². The molecule has 0 aliphatic carbocycles. The Labute approximate surface area is 168 Å². The summed E-state index contributed by atoms with van der Waals surface area (Å²) in [6.07, 6.45) is 3.92. The average molecular weight is 391 g/mol. The number of carbonyl (C=O) groups excluding carboxylic acids is 1. The molecular weight excluding hydrogens is 368 g/mol. The molecule has 0 aliphatic heterocycles. The smallest absolute Gasteiger partial charge is 0.185 e. The fourth-order valence-corrected chi connectivity index (χ4v) is 4.02. The topological polar surface area (TPSA) is 60.7 Å². The first-order valence-electron chi connectivity index (χ1n) is 9.19. The molecule has 5 nitrogen and oxygen atoms in total. The lowest BCUT2D eigenvalue weighted by Gasteiger charge is -2.13. The molecule has 0 aliphatic rings. The van der Waals surface area contributed by atoms with Gasteiger partial charge in [-0.25, -0.2) is 4.98 Å². The van der Waals surface area contributed by atoms with Gasteiger partial charge in [-0.05, 0) is 23.8 Å². The monoisotopic (exact) mass is 390 g/mol. The summed E-state index contributed by atoms with van der Waals surface area (Å²) in [6, 6.07) is 11.9. The minimum Gasteiger partial charge on any atom is -0.292 e. The van der Waals surface area contributed by atoms with Gasteiger partial charge in [-0.3, -0.25) is 14.5 Å². The van der Waals surface area contributed by atoms with Crippen LogP contribution in [0.1, 0.15) is 42.5 Å². The van der Waals surface area contributed by atoms with Gasteiger partial charge in [-0.2, -0.15) is 5.10 Å². The van der Waals surface area contributed by atoms with Crippen LogP contribution in [0.5, 0.6) is 0 Å². The summed E-state index contributed by atoms with van der Waals surface area (Å²) < 4.78 is 2.75. The second-order valence-electron chi connectivity index (χ2n) is 7.95. The Morgan fingerprint density at radius 1 is 1.18 bits per heavy atom. The molecule has 6 heteroatoms. The molecule has 0 atom stereocenters. The first-order valence-corrected chi connectivity index (χ1v) is 10.0. The van der Waals surface area contributed by atoms with Gasteiger partial charge in [0.05, 0.1) is 15.9 Å². The standard InChI is InChI=1S/C22H22N4OS/c1-22(2,3)20-12-17(26(4)25-20)18(27)11-14-6-5-7-15(10-14)21-24-16-8-9-23-13-19(16)28-21/h5-10,12-13H,11H2,1-4H3. The van der Waals surface area contributed by atoms with Crippen LogP contribution in [-0.4, -0.2) is 25.5 Å². The third kappa shape index (κ3) is 3.60. The predicted molar refractivity (Wildman–Crippen MR) is 113 cm³/mol. The summed E-state index contributed by atoms with van der Waals surface area (Å²) in [5, 5.41) is 5.45. The Kier molecular flexibility index (Phi) is 4.59. The number of rotatable bonds is 4. The fourth-order valence-electron chi connectivity index (χ4n) is 3.09. The third-order valence-corrected chi connectivity index (χ3v) is 5.72. The number of thiazole rings is 1. The number of carbonyl (C=O) groups is 1. The molecule has 3 aromatic heterocycles. The van der Waals surface area contributed by atoms with Crippen LogP contribution in [0.2, 0.25) is 0 Å². The van der Waals surface area contributed by atoms with E-state index < -0.39 is 0 Å². The van der Waals surface area contributed by atoms with E-state index in [4.69, 9.17) is 0 Å². The van der Waals surface area contributed by atoms with E-state index in [-0.39, 0.29) is 11.2 Å². The molecule has 0 saturated carbocycles. The predicted octanol–water partition coefficient (Wildman–Crippen LogP) is 4.81. The Bertz CT molecular complexity index is 1130. The summed E-state index contributed by atoms with van der Waals surface area (Å²) in [7, 11) is 1.83. The molecule has 0 bridgehead atoms. The van der Waals surface area contributed by atoms with Crippen LogP contribution in [-0.2, 0) is 18.9 Å². The van der Waals surface area contributed by atoms with Gasteiger partial charge in [-0.15, -0.1) is 11.3 Å². The summed E-state index contributed by atoms with van der Waals surface area (Å²) >= 11 is 1.61. The van der Waals surface area contributed by atoms with Crippen molar-refractivity contribution < 1.29 is 4.79 Å². The first-order chi connectivity index (χ1) is 13.3. The van der Waals surface area contributed by atoms with Gasteiger partial charge in [0.1, 0.15) is 10.7 Å². The number of hydrogen-bond donors (Lipinski definition) is 0. The molecule has 0 radical (unpaired) electrons. The molecule has 4 aromatic rings. The van der Waals surface area contributed by atoms with Crippen molar-refractivity contribution in [2.75, 3.05) is 0 Å². The number of hydrogen-bond acceptors (Lipinski definition) is 5. The lowest BCUT2D eigenvalue weighted by Crippen LogP contribution is -2.12. The number of nitrogens with zero attached hydrogens (tertiary/aromatic N) is 4. The van der Waals surface area contributed by atoms with Crippen LogP contribution >= 0.6 is 11.3 Å². The Morgan fingerprint density at radius 2 is 2.00 bits per heavy atom. The highest BCUT2D eigenvalue weighted by atomic mass is 32.1. The Morgan fingerprint density at radius 3 is 2.71 bits per heavy atom. The van der Waals surface area contributed by atoms with E-state index in [0.29, 0.717) is 12.1 Å². The minimum absolute atomic E-state index is 0.0659. The maximum atomic E-state index is 12.9. The summed E-state index contributed by atoms with van der Waals surface area (Å²) in [6.45, 7) is 6.29. The van der Waals surface area contributed by atoms with E-state index >= 15 is 0 Å². The fraction of sp³-hybridized carbons (Fsp3) is 0.273. The third-order valence-electron chi connectivity index (χ3n) is 4.66. The highest BCUT2D eigenvalue weighted by Gasteiger charge is 2.21. The van der Waals surface area contributed by atoms with E-state index in [2.05, 4.69) is 35.8 Å². The van der Waals surface area contributed by atoms with E-state index in [9.17, 15) is 4.79 Å². The molecule has 0 fully saturated rings. The maximum Gasteiger partial charge on any atom is 0.185 e. The molecule has 0 amide bonds. The van der Waals surface area contributed by atoms with Crippen LogP contribution in [0, 0.1) is 0 Å². The van der Waals surface area contributed by atoms with Gasteiger partial charge in [0.25, 0.3) is 0 Å². The molecule has 3 heterocycles. The molecule has 1 aromatic carbocycles. The van der Waals surface area contributed by atoms with Crippen molar-refractivity contribution in [3.63, 3.8) is 0 Å². The maximum absolute atomic E-state index is 12.9. The van der Waals surface area contributed by atoms with Crippen molar-refractivity contribution in [3.8, 4) is 10.6 Å². The SMILES string of the molecule is Cn1nc(C(C)(C)C)cc1C(=O)Cc1cccc(-c2nc3ccncc3s2)c1. The van der Waals surface area contributed by atoms with E-state index in [1.165, 1.54) is 0 Å². The van der Waals surface area contributed by atoms with E-state index in [0.717, 1.165) is 32.0 Å². The van der Waals surface area contributed by atoms with Gasteiger partial charge in [0.15, 0.2) is 5.78 Å². The zero-order valence-electron chi connectivity index (χ0n) is 16.4. The molecular formula is C22H22N4OS. The lowest BCUT2D eigenvalue weighted by atomic mass is 9.92. The summed E-state index contributed by atoms with van der Waals surface area (Å²) in [5.41, 5.74) is 4.42. The van der Waals surface area contributed by atoms with Crippen molar-refractivity contribution in [2.45, 2.75) is 32.6 Å². The Balaban J connectivity index is 1.60. The quantitative estimate of drug-likeness (QED) is 0.469. The van der Waals surface area contributed by atoms with E-state index in [1.54, 1.807) is 22.2 Å². The van der Waals surface area contributed by atoms with Gasteiger partial charge >= 0.3 is 0 Å². The highest BCUT2D eigenvalue weighted by Crippen LogP contribution is 2.30. The minimum atomic E-state index is -0.0854. The van der Waals surface area contributed by atoms with Crippen LogP contribution in [0.4, 0.5) is 0 Å². The van der Waals surface area contributed by atoms with Crippen molar-refractivity contribution in [3.05, 3.63) is 65.7 Å². The van der Waals surface area contributed by atoms with Crippen LogP contribution in [0.3, 0.4) is 0 Å². The number of benzene rings is 1. The molecule has 0 spiro atoms. The number of aromatic nitrogens is 4. The number of aryl methyl sites for hydroxylation is 1. The van der Waals surface area contributed by atoms with Crippen molar-refractivity contribution in [2.24, 2.45) is 7.05 Å². The van der Waals surface area contributed by atoms with Gasteiger partial charge < -0.3 is 0 Å². The molecule has 0 saturated heterocycles. The summed E-state index contributed by atoms with van der Waals surface area (Å²) in [4.78, 5) is 21.7. The van der Waals surface area contributed by atoms with Gasteiger partial charge in [0, 0.05) is 36.8 Å². The molecule has 142 valence electrons. The number of pyridine rings is 1. The van der Waals surface area contributed by atoms with E-state index in [1.807, 2.05) is 49.6 Å². The highest BCUT2D eigenvalue weighted by molar-refractivity contribution is 7.21. The van der Waals surface area contributed by atoms with Crippen molar-refractivity contribution in [1.82, 2.24) is 19.7 Å². The average Bonchev–Trinajstić information content (AvgIpc) is 3.25. The second-order valence-corrected chi connectivity index (χ2v) is 8.98. The molecule has 4 rings (SSSR count). The lowest BCUT2D eigenvalue weighted by molar-refractivity contribution is 0.0984. The number of Topliss-reactive ketones (excluding diaryl/α,β-unsaturated/α-hetero) is 1. The zero-order chi connectivity index (χ0) is 19.9. The van der Waals surface area contributed by atoms with Crippen LogP contribution in [0.25, 0.3) is 20.8 Å².